The summed E-state index contributed by atoms with van der Waals surface area (Å²) in [6.07, 6.45) is 1.69. The van der Waals surface area contributed by atoms with E-state index in [1.807, 2.05) is 39.8 Å². The first kappa shape index (κ1) is 13.9. The number of hydrogen-bond acceptors (Lipinski definition) is 4. The van der Waals surface area contributed by atoms with Crippen molar-refractivity contribution in [3.8, 4) is 5.75 Å². The van der Waals surface area contributed by atoms with Crippen molar-refractivity contribution in [2.45, 2.75) is 39.3 Å². The molecule has 0 aliphatic carbocycles. The van der Waals surface area contributed by atoms with E-state index < -0.39 is 0 Å². The van der Waals surface area contributed by atoms with Crippen molar-refractivity contribution < 1.29 is 9.47 Å². The van der Waals surface area contributed by atoms with E-state index in [1.165, 1.54) is 0 Å². The summed E-state index contributed by atoms with van der Waals surface area (Å²) in [5.41, 5.74) is 6.45. The van der Waals surface area contributed by atoms with Crippen LogP contribution in [0.2, 0.25) is 0 Å². The monoisotopic (exact) mass is 238 g/mol. The van der Waals surface area contributed by atoms with Crippen LogP contribution in [0.15, 0.2) is 18.3 Å². The number of pyridine rings is 1. The van der Waals surface area contributed by atoms with Crippen molar-refractivity contribution >= 4 is 0 Å². The van der Waals surface area contributed by atoms with E-state index in [-0.39, 0.29) is 11.6 Å². The van der Waals surface area contributed by atoms with Crippen LogP contribution in [-0.4, -0.2) is 23.8 Å². The molecule has 0 aromatic carbocycles. The van der Waals surface area contributed by atoms with Crippen LogP contribution >= 0.6 is 0 Å². The van der Waals surface area contributed by atoms with E-state index in [0.29, 0.717) is 13.2 Å². The fraction of sp³-hybridized carbons (Fsp3) is 0.615. The molecule has 0 amide bonds. The van der Waals surface area contributed by atoms with E-state index in [1.54, 1.807) is 6.20 Å². The Morgan fingerprint density at radius 1 is 1.29 bits per heavy atom. The minimum absolute atomic E-state index is 0.0479. The zero-order chi connectivity index (χ0) is 12.9. The molecule has 1 aromatic heterocycles. The number of nitrogens with two attached hydrogens (primary N) is 1. The van der Waals surface area contributed by atoms with Gasteiger partial charge in [0.25, 0.3) is 0 Å². The number of aromatic nitrogens is 1. The Balaban J connectivity index is 2.33. The molecule has 1 atom stereocenters. The highest BCUT2D eigenvalue weighted by Crippen LogP contribution is 2.13. The lowest BCUT2D eigenvalue weighted by Crippen LogP contribution is -2.22. The van der Waals surface area contributed by atoms with Crippen molar-refractivity contribution in [1.29, 1.82) is 0 Å². The van der Waals surface area contributed by atoms with Gasteiger partial charge in [-0.05, 0) is 39.8 Å². The van der Waals surface area contributed by atoms with Crippen LogP contribution in [-0.2, 0) is 4.74 Å². The third-order valence-corrected chi connectivity index (χ3v) is 2.11. The molecule has 0 saturated heterocycles. The van der Waals surface area contributed by atoms with Gasteiger partial charge in [-0.15, -0.1) is 0 Å². The predicted molar refractivity (Wildman–Crippen MR) is 68.0 cm³/mol. The van der Waals surface area contributed by atoms with Crippen LogP contribution in [0.1, 0.15) is 39.4 Å². The fourth-order valence-electron chi connectivity index (χ4n) is 1.25. The van der Waals surface area contributed by atoms with E-state index in [9.17, 15) is 0 Å². The van der Waals surface area contributed by atoms with Crippen molar-refractivity contribution in [3.63, 3.8) is 0 Å². The quantitative estimate of drug-likeness (QED) is 0.800. The molecule has 1 rings (SSSR count). The molecule has 1 aromatic rings. The standard InChI is InChI=1S/C13H22N2O2/c1-10(14)12-6-5-11(9-15-12)16-7-8-17-13(2,3)4/h5-6,9-10H,7-8,14H2,1-4H3/t10-/m1/s1. The number of hydrogen-bond donors (Lipinski definition) is 1. The van der Waals surface area contributed by atoms with Gasteiger partial charge in [0.05, 0.1) is 24.1 Å². The number of nitrogens with zero attached hydrogens (tertiary/aromatic N) is 1. The molecule has 0 fully saturated rings. The van der Waals surface area contributed by atoms with Crippen LogP contribution in [0.3, 0.4) is 0 Å². The molecule has 96 valence electrons. The molecular weight excluding hydrogens is 216 g/mol. The van der Waals surface area contributed by atoms with E-state index >= 15 is 0 Å². The molecule has 1 heterocycles. The summed E-state index contributed by atoms with van der Waals surface area (Å²) < 4.78 is 11.1. The number of ether oxygens (including phenoxy) is 2. The van der Waals surface area contributed by atoms with Crippen LogP contribution in [0.25, 0.3) is 0 Å². The molecular formula is C13H22N2O2. The molecule has 0 saturated carbocycles. The first-order valence-corrected chi connectivity index (χ1v) is 5.87. The van der Waals surface area contributed by atoms with Gasteiger partial charge in [-0.2, -0.15) is 0 Å². The topological polar surface area (TPSA) is 57.4 Å². The van der Waals surface area contributed by atoms with Gasteiger partial charge >= 0.3 is 0 Å². The second kappa shape index (κ2) is 5.98. The lowest BCUT2D eigenvalue weighted by atomic mass is 10.2. The summed E-state index contributed by atoms with van der Waals surface area (Å²) in [5, 5.41) is 0. The average Bonchev–Trinajstić information content (AvgIpc) is 2.24. The summed E-state index contributed by atoms with van der Waals surface area (Å²) in [4.78, 5) is 4.21. The average molecular weight is 238 g/mol. The fourth-order valence-corrected chi connectivity index (χ4v) is 1.25. The SMILES string of the molecule is C[C@@H](N)c1ccc(OCCOC(C)(C)C)cn1. The van der Waals surface area contributed by atoms with Crippen LogP contribution in [0.5, 0.6) is 5.75 Å². The Morgan fingerprint density at radius 2 is 2.00 bits per heavy atom. The minimum Gasteiger partial charge on any atom is -0.490 e. The highest BCUT2D eigenvalue weighted by molar-refractivity contribution is 5.21. The minimum atomic E-state index is -0.125. The molecule has 0 bridgehead atoms. The maximum absolute atomic E-state index is 5.71. The molecule has 17 heavy (non-hydrogen) atoms. The summed E-state index contributed by atoms with van der Waals surface area (Å²) >= 11 is 0. The third-order valence-electron chi connectivity index (χ3n) is 2.11. The maximum Gasteiger partial charge on any atom is 0.137 e. The molecule has 4 heteroatoms. The van der Waals surface area contributed by atoms with Crippen molar-refractivity contribution in [2.75, 3.05) is 13.2 Å². The highest BCUT2D eigenvalue weighted by atomic mass is 16.5. The van der Waals surface area contributed by atoms with E-state index in [4.69, 9.17) is 15.2 Å². The van der Waals surface area contributed by atoms with E-state index in [0.717, 1.165) is 11.4 Å². The van der Waals surface area contributed by atoms with Gasteiger partial charge in [0, 0.05) is 6.04 Å². The molecule has 4 nitrogen and oxygen atoms in total. The zero-order valence-electron chi connectivity index (χ0n) is 11.1. The van der Waals surface area contributed by atoms with Gasteiger partial charge in [-0.3, -0.25) is 4.98 Å². The van der Waals surface area contributed by atoms with Crippen LogP contribution in [0, 0.1) is 0 Å². The Morgan fingerprint density at radius 3 is 2.47 bits per heavy atom. The summed E-state index contributed by atoms with van der Waals surface area (Å²) in [6, 6.07) is 3.71. The summed E-state index contributed by atoms with van der Waals surface area (Å²) in [6.45, 7) is 9.05. The van der Waals surface area contributed by atoms with E-state index in [2.05, 4.69) is 4.98 Å². The molecule has 2 N–H and O–H groups in total. The maximum atomic E-state index is 5.71. The Bertz CT molecular complexity index is 328. The Kier molecular flexibility index (Phi) is 4.90. The molecule has 0 unspecified atom stereocenters. The molecule has 0 radical (unpaired) electrons. The first-order chi connectivity index (χ1) is 7.88. The van der Waals surface area contributed by atoms with Crippen LogP contribution < -0.4 is 10.5 Å². The second-order valence-corrected chi connectivity index (χ2v) is 5.02. The summed E-state index contributed by atoms with van der Waals surface area (Å²) in [5.74, 6) is 0.743. The van der Waals surface area contributed by atoms with Gasteiger partial charge in [0.2, 0.25) is 0 Å². The number of rotatable bonds is 5. The van der Waals surface area contributed by atoms with Crippen molar-refractivity contribution in [2.24, 2.45) is 5.73 Å². The normalized spacial score (nSPS) is 13.5. The predicted octanol–water partition coefficient (Wildman–Crippen LogP) is 2.30. The largest absolute Gasteiger partial charge is 0.490 e. The van der Waals surface area contributed by atoms with Gasteiger partial charge in [0.15, 0.2) is 0 Å². The first-order valence-electron chi connectivity index (χ1n) is 5.87. The lowest BCUT2D eigenvalue weighted by Gasteiger charge is -2.19. The zero-order valence-corrected chi connectivity index (χ0v) is 11.1. The van der Waals surface area contributed by atoms with Gasteiger partial charge < -0.3 is 15.2 Å². The highest BCUT2D eigenvalue weighted by Gasteiger charge is 2.09. The van der Waals surface area contributed by atoms with Gasteiger partial charge in [-0.1, -0.05) is 0 Å². The molecule has 0 aliphatic heterocycles. The molecule has 0 spiro atoms. The van der Waals surface area contributed by atoms with Crippen molar-refractivity contribution in [1.82, 2.24) is 4.98 Å². The summed E-state index contributed by atoms with van der Waals surface area (Å²) in [7, 11) is 0. The molecule has 0 aliphatic rings. The van der Waals surface area contributed by atoms with Crippen molar-refractivity contribution in [3.05, 3.63) is 24.0 Å². The third kappa shape index (κ3) is 5.65. The Labute approximate surface area is 103 Å². The lowest BCUT2D eigenvalue weighted by molar-refractivity contribution is -0.0163. The van der Waals surface area contributed by atoms with Gasteiger partial charge in [-0.25, -0.2) is 0 Å². The Hall–Kier alpha value is -1.13. The van der Waals surface area contributed by atoms with Gasteiger partial charge in [0.1, 0.15) is 12.4 Å². The van der Waals surface area contributed by atoms with Crippen LogP contribution in [0.4, 0.5) is 0 Å². The smallest absolute Gasteiger partial charge is 0.137 e. The second-order valence-electron chi connectivity index (χ2n) is 5.02.